The van der Waals surface area contributed by atoms with Gasteiger partial charge in [0.05, 0.1) is 11.8 Å². The summed E-state index contributed by atoms with van der Waals surface area (Å²) in [5, 5.41) is 15.0. The number of pyridine rings is 1. The first kappa shape index (κ1) is 14.0. The van der Waals surface area contributed by atoms with E-state index in [9.17, 15) is 5.11 Å². The van der Waals surface area contributed by atoms with E-state index < -0.39 is 6.10 Å². The van der Waals surface area contributed by atoms with Crippen LogP contribution in [0.25, 0.3) is 0 Å². The average molecular weight is 280 g/mol. The van der Waals surface area contributed by atoms with Crippen LogP contribution in [0.4, 0.5) is 0 Å². The molecule has 0 saturated heterocycles. The van der Waals surface area contributed by atoms with Gasteiger partial charge in [0.1, 0.15) is 5.15 Å². The van der Waals surface area contributed by atoms with Gasteiger partial charge < -0.3 is 5.11 Å². The Kier molecular flexibility index (Phi) is 4.56. The molecule has 0 aliphatic carbocycles. The lowest BCUT2D eigenvalue weighted by Gasteiger charge is -2.10. The maximum atomic E-state index is 10.1. The summed E-state index contributed by atoms with van der Waals surface area (Å²) < 4.78 is 1.64. The largest absolute Gasteiger partial charge is 0.393 e. The van der Waals surface area contributed by atoms with Crippen molar-refractivity contribution in [3.05, 3.63) is 46.5 Å². The Labute approximate surface area is 118 Å². The van der Waals surface area contributed by atoms with E-state index in [1.54, 1.807) is 17.1 Å². The summed E-state index contributed by atoms with van der Waals surface area (Å²) in [5.74, 6) is 0. The highest BCUT2D eigenvalue weighted by atomic mass is 35.5. The molecule has 2 aromatic rings. The van der Waals surface area contributed by atoms with Crippen LogP contribution in [0.2, 0.25) is 5.15 Å². The van der Waals surface area contributed by atoms with Gasteiger partial charge in [-0.1, -0.05) is 11.6 Å². The molecule has 0 spiro atoms. The van der Waals surface area contributed by atoms with Crippen molar-refractivity contribution >= 4 is 11.6 Å². The van der Waals surface area contributed by atoms with Crippen LogP contribution >= 0.6 is 11.6 Å². The highest BCUT2D eigenvalue weighted by molar-refractivity contribution is 6.30. The second-order valence-corrected chi connectivity index (χ2v) is 5.09. The highest BCUT2D eigenvalue weighted by Crippen LogP contribution is 2.21. The zero-order valence-electron chi connectivity index (χ0n) is 11.2. The molecule has 0 radical (unpaired) electrons. The Morgan fingerprint density at radius 1 is 1.37 bits per heavy atom. The summed E-state index contributed by atoms with van der Waals surface area (Å²) in [5.41, 5.74) is 3.00. The first-order chi connectivity index (χ1) is 9.08. The van der Waals surface area contributed by atoms with Crippen LogP contribution in [-0.2, 0) is 19.9 Å². The predicted molar refractivity (Wildman–Crippen MR) is 75.2 cm³/mol. The normalized spacial score (nSPS) is 12.6. The molecular formula is C14H18ClN3O. The fourth-order valence-electron chi connectivity index (χ4n) is 2.13. The van der Waals surface area contributed by atoms with E-state index in [0.717, 1.165) is 17.7 Å². The maximum absolute atomic E-state index is 10.1. The van der Waals surface area contributed by atoms with Gasteiger partial charge in [0.25, 0.3) is 0 Å². The number of aliphatic hydroxyl groups excluding tert-OH is 1. The highest BCUT2D eigenvalue weighted by Gasteiger charge is 2.15. The van der Waals surface area contributed by atoms with Crippen molar-refractivity contribution in [3.63, 3.8) is 0 Å². The van der Waals surface area contributed by atoms with Crippen molar-refractivity contribution in [3.8, 4) is 0 Å². The Morgan fingerprint density at radius 3 is 2.63 bits per heavy atom. The predicted octanol–water partition coefficient (Wildman–Crippen LogP) is 2.31. The standard InChI is InChI=1S/C14H18ClN3O/c1-10-13(14(15)18(2)17-10)9-12(19)4-3-11-5-7-16-8-6-11/h5-8,12,19H,3-4,9H2,1-2H3. The molecule has 2 heterocycles. The minimum atomic E-state index is -0.409. The maximum Gasteiger partial charge on any atom is 0.130 e. The van der Waals surface area contributed by atoms with E-state index in [1.807, 2.05) is 26.1 Å². The second-order valence-electron chi connectivity index (χ2n) is 4.73. The number of hydrogen-bond acceptors (Lipinski definition) is 3. The fourth-order valence-corrected chi connectivity index (χ4v) is 2.38. The molecule has 1 N–H and O–H groups in total. The van der Waals surface area contributed by atoms with Crippen molar-refractivity contribution < 1.29 is 5.11 Å². The first-order valence-electron chi connectivity index (χ1n) is 6.33. The Balaban J connectivity index is 1.92. The monoisotopic (exact) mass is 279 g/mol. The van der Waals surface area contributed by atoms with Crippen molar-refractivity contribution in [2.24, 2.45) is 7.05 Å². The van der Waals surface area contributed by atoms with Crippen LogP contribution in [-0.4, -0.2) is 26.0 Å². The molecule has 0 aliphatic heterocycles. The summed E-state index contributed by atoms with van der Waals surface area (Å²) in [6.07, 6.45) is 5.21. The third kappa shape index (κ3) is 3.55. The SMILES string of the molecule is Cc1nn(C)c(Cl)c1CC(O)CCc1ccncc1. The lowest BCUT2D eigenvalue weighted by atomic mass is 10.0. The minimum absolute atomic E-state index is 0.409. The van der Waals surface area contributed by atoms with Crippen LogP contribution < -0.4 is 0 Å². The quantitative estimate of drug-likeness (QED) is 0.914. The van der Waals surface area contributed by atoms with Crippen LogP contribution in [0.1, 0.15) is 23.2 Å². The van der Waals surface area contributed by atoms with E-state index in [4.69, 9.17) is 11.6 Å². The molecule has 0 amide bonds. The molecule has 0 fully saturated rings. The number of nitrogens with zero attached hydrogens (tertiary/aromatic N) is 3. The van der Waals surface area contributed by atoms with Crippen LogP contribution in [0.15, 0.2) is 24.5 Å². The molecule has 0 aliphatic rings. The average Bonchev–Trinajstić information content (AvgIpc) is 2.64. The molecule has 0 aromatic carbocycles. The van der Waals surface area contributed by atoms with E-state index in [-0.39, 0.29) is 0 Å². The Morgan fingerprint density at radius 2 is 2.05 bits per heavy atom. The Hall–Kier alpha value is -1.39. The van der Waals surface area contributed by atoms with Gasteiger partial charge in [0, 0.05) is 31.4 Å². The smallest absolute Gasteiger partial charge is 0.130 e. The van der Waals surface area contributed by atoms with E-state index in [0.29, 0.717) is 18.0 Å². The number of aliphatic hydroxyl groups is 1. The molecule has 1 unspecified atom stereocenters. The summed E-state index contributed by atoms with van der Waals surface area (Å²) in [7, 11) is 1.81. The molecule has 5 heteroatoms. The van der Waals surface area contributed by atoms with Crippen molar-refractivity contribution in [2.45, 2.75) is 32.3 Å². The summed E-state index contributed by atoms with van der Waals surface area (Å²) in [6, 6.07) is 3.93. The third-order valence-corrected chi connectivity index (χ3v) is 3.70. The van der Waals surface area contributed by atoms with Crippen molar-refractivity contribution in [2.75, 3.05) is 0 Å². The van der Waals surface area contributed by atoms with Crippen molar-refractivity contribution in [1.82, 2.24) is 14.8 Å². The summed E-state index contributed by atoms with van der Waals surface area (Å²) in [6.45, 7) is 1.91. The number of hydrogen-bond donors (Lipinski definition) is 1. The zero-order chi connectivity index (χ0) is 13.8. The Bertz CT molecular complexity index is 539. The second kappa shape index (κ2) is 6.17. The molecule has 4 nitrogen and oxygen atoms in total. The van der Waals surface area contributed by atoms with Gasteiger partial charge in [-0.25, -0.2) is 0 Å². The van der Waals surface area contributed by atoms with Crippen LogP contribution in [0, 0.1) is 6.92 Å². The summed E-state index contributed by atoms with van der Waals surface area (Å²) in [4.78, 5) is 3.98. The van der Waals surface area contributed by atoms with E-state index >= 15 is 0 Å². The van der Waals surface area contributed by atoms with Gasteiger partial charge in [-0.15, -0.1) is 0 Å². The number of halogens is 1. The van der Waals surface area contributed by atoms with E-state index in [2.05, 4.69) is 10.1 Å². The van der Waals surface area contributed by atoms with Gasteiger partial charge >= 0.3 is 0 Å². The third-order valence-electron chi connectivity index (χ3n) is 3.23. The van der Waals surface area contributed by atoms with Gasteiger partial charge in [-0.2, -0.15) is 5.10 Å². The molecule has 19 heavy (non-hydrogen) atoms. The van der Waals surface area contributed by atoms with Gasteiger partial charge in [-0.05, 0) is 37.5 Å². The molecule has 2 rings (SSSR count). The number of aryl methyl sites for hydroxylation is 3. The molecule has 2 aromatic heterocycles. The van der Waals surface area contributed by atoms with Gasteiger partial charge in [0.2, 0.25) is 0 Å². The lowest BCUT2D eigenvalue weighted by Crippen LogP contribution is -2.12. The first-order valence-corrected chi connectivity index (χ1v) is 6.70. The molecule has 102 valence electrons. The zero-order valence-corrected chi connectivity index (χ0v) is 11.9. The topological polar surface area (TPSA) is 50.9 Å². The molecule has 0 saturated carbocycles. The van der Waals surface area contributed by atoms with Crippen LogP contribution in [0.3, 0.4) is 0 Å². The number of rotatable bonds is 5. The molecule has 1 atom stereocenters. The van der Waals surface area contributed by atoms with Crippen molar-refractivity contribution in [1.29, 1.82) is 0 Å². The summed E-state index contributed by atoms with van der Waals surface area (Å²) >= 11 is 6.16. The molecular weight excluding hydrogens is 262 g/mol. The molecule has 0 bridgehead atoms. The van der Waals surface area contributed by atoms with E-state index in [1.165, 1.54) is 5.56 Å². The fraction of sp³-hybridized carbons (Fsp3) is 0.429. The lowest BCUT2D eigenvalue weighted by molar-refractivity contribution is 0.165. The van der Waals surface area contributed by atoms with Crippen LogP contribution in [0.5, 0.6) is 0 Å². The minimum Gasteiger partial charge on any atom is -0.393 e. The van der Waals surface area contributed by atoms with Gasteiger partial charge in [0.15, 0.2) is 0 Å². The van der Waals surface area contributed by atoms with Gasteiger partial charge in [-0.3, -0.25) is 9.67 Å². The number of aromatic nitrogens is 3.